The second kappa shape index (κ2) is 6.09. The van der Waals surface area contributed by atoms with E-state index in [1.54, 1.807) is 25.1 Å². The average molecular weight is 323 g/mol. The highest BCUT2D eigenvalue weighted by Gasteiger charge is 2.42. The van der Waals surface area contributed by atoms with Crippen molar-refractivity contribution in [3.8, 4) is 0 Å². The Morgan fingerprint density at radius 3 is 2.33 bits per heavy atom. The molecule has 0 aromatic heterocycles. The normalized spacial score (nSPS) is 14.9. The Labute approximate surface area is 141 Å². The van der Waals surface area contributed by atoms with Crippen LogP contribution in [0.3, 0.4) is 0 Å². The van der Waals surface area contributed by atoms with Crippen molar-refractivity contribution >= 4 is 17.5 Å². The number of benzene rings is 2. The Bertz CT molecular complexity index is 793. The maximum absolute atomic E-state index is 12.4. The van der Waals surface area contributed by atoms with Crippen molar-refractivity contribution in [3.63, 3.8) is 0 Å². The zero-order valence-corrected chi connectivity index (χ0v) is 13.6. The predicted octanol–water partition coefficient (Wildman–Crippen LogP) is 2.34. The van der Waals surface area contributed by atoms with E-state index in [2.05, 4.69) is 5.32 Å². The molecule has 0 radical (unpaired) electrons. The van der Waals surface area contributed by atoms with Crippen molar-refractivity contribution in [2.24, 2.45) is 11.5 Å². The van der Waals surface area contributed by atoms with Crippen LogP contribution in [0.5, 0.6) is 0 Å². The van der Waals surface area contributed by atoms with Crippen molar-refractivity contribution in [3.05, 3.63) is 64.7 Å². The van der Waals surface area contributed by atoms with Crippen molar-refractivity contribution in [1.82, 2.24) is 0 Å². The minimum absolute atomic E-state index is 0.113. The van der Waals surface area contributed by atoms with E-state index < -0.39 is 5.91 Å². The second-order valence-corrected chi connectivity index (χ2v) is 6.36. The highest BCUT2D eigenvalue weighted by atomic mass is 16.2. The molecule has 3 rings (SSSR count). The van der Waals surface area contributed by atoms with E-state index >= 15 is 0 Å². The molecule has 5 N–H and O–H groups in total. The van der Waals surface area contributed by atoms with E-state index in [9.17, 15) is 9.59 Å². The van der Waals surface area contributed by atoms with Crippen LogP contribution in [-0.2, 0) is 5.41 Å². The van der Waals surface area contributed by atoms with Crippen LogP contribution in [0.15, 0.2) is 42.5 Å². The third-order valence-corrected chi connectivity index (χ3v) is 4.85. The SMILES string of the molecule is Cc1c(NC(=O)c2ccc(C3(CN)CC3)cc2)cccc1C(N)=O. The summed E-state index contributed by atoms with van der Waals surface area (Å²) in [6, 6.07) is 12.7. The zero-order valence-electron chi connectivity index (χ0n) is 13.6. The number of rotatable bonds is 5. The van der Waals surface area contributed by atoms with Gasteiger partial charge in [-0.1, -0.05) is 18.2 Å². The minimum Gasteiger partial charge on any atom is -0.366 e. The third-order valence-electron chi connectivity index (χ3n) is 4.85. The van der Waals surface area contributed by atoms with Crippen molar-refractivity contribution < 1.29 is 9.59 Å². The summed E-state index contributed by atoms with van der Waals surface area (Å²) in [4.78, 5) is 23.8. The molecule has 0 unspecified atom stereocenters. The summed E-state index contributed by atoms with van der Waals surface area (Å²) >= 11 is 0. The fraction of sp³-hybridized carbons (Fsp3) is 0.263. The fourth-order valence-corrected chi connectivity index (χ4v) is 2.97. The van der Waals surface area contributed by atoms with Crippen LogP contribution in [0, 0.1) is 6.92 Å². The van der Waals surface area contributed by atoms with E-state index in [0.717, 1.165) is 12.8 Å². The van der Waals surface area contributed by atoms with Gasteiger partial charge >= 0.3 is 0 Å². The highest BCUT2D eigenvalue weighted by Crippen LogP contribution is 2.47. The van der Waals surface area contributed by atoms with E-state index in [1.165, 1.54) is 5.56 Å². The maximum atomic E-state index is 12.4. The smallest absolute Gasteiger partial charge is 0.255 e. The summed E-state index contributed by atoms with van der Waals surface area (Å²) in [5, 5.41) is 2.84. The molecule has 1 fully saturated rings. The Kier molecular flexibility index (Phi) is 4.11. The molecule has 124 valence electrons. The average Bonchev–Trinajstić information content (AvgIpc) is 3.38. The Balaban J connectivity index is 1.78. The number of carbonyl (C=O) groups is 2. The minimum atomic E-state index is -0.510. The first-order valence-corrected chi connectivity index (χ1v) is 7.98. The van der Waals surface area contributed by atoms with Crippen molar-refractivity contribution in [2.45, 2.75) is 25.2 Å². The second-order valence-electron chi connectivity index (χ2n) is 6.36. The summed E-state index contributed by atoms with van der Waals surface area (Å²) in [6.45, 7) is 2.40. The van der Waals surface area contributed by atoms with Gasteiger partial charge in [0.25, 0.3) is 5.91 Å². The maximum Gasteiger partial charge on any atom is 0.255 e. The van der Waals surface area contributed by atoms with Gasteiger partial charge in [0.05, 0.1) is 0 Å². The lowest BCUT2D eigenvalue weighted by Crippen LogP contribution is -2.20. The van der Waals surface area contributed by atoms with Gasteiger partial charge in [-0.05, 0) is 55.2 Å². The van der Waals surface area contributed by atoms with Gasteiger partial charge in [-0.15, -0.1) is 0 Å². The summed E-state index contributed by atoms with van der Waals surface area (Å²) in [5.74, 6) is -0.728. The molecule has 5 nitrogen and oxygen atoms in total. The number of primary amides is 1. The van der Waals surface area contributed by atoms with Gasteiger partial charge < -0.3 is 16.8 Å². The Hall–Kier alpha value is -2.66. The van der Waals surface area contributed by atoms with Crippen molar-refractivity contribution in [2.75, 3.05) is 11.9 Å². The van der Waals surface area contributed by atoms with Gasteiger partial charge in [0.1, 0.15) is 0 Å². The summed E-state index contributed by atoms with van der Waals surface area (Å²) in [5.41, 5.74) is 14.7. The molecule has 0 saturated heterocycles. The molecule has 0 atom stereocenters. The first-order valence-electron chi connectivity index (χ1n) is 7.98. The summed E-state index contributed by atoms with van der Waals surface area (Å²) in [7, 11) is 0. The summed E-state index contributed by atoms with van der Waals surface area (Å²) < 4.78 is 0. The largest absolute Gasteiger partial charge is 0.366 e. The van der Waals surface area contributed by atoms with Gasteiger partial charge in [-0.2, -0.15) is 0 Å². The Morgan fingerprint density at radius 2 is 1.79 bits per heavy atom. The topological polar surface area (TPSA) is 98.2 Å². The Morgan fingerprint density at radius 1 is 1.12 bits per heavy atom. The molecule has 2 aromatic rings. The van der Waals surface area contributed by atoms with Crippen LogP contribution in [0.1, 0.15) is 44.7 Å². The molecule has 24 heavy (non-hydrogen) atoms. The lowest BCUT2D eigenvalue weighted by molar-refractivity contribution is 0.0995. The van der Waals surface area contributed by atoms with E-state index in [4.69, 9.17) is 11.5 Å². The lowest BCUT2D eigenvalue weighted by atomic mass is 9.95. The molecular weight excluding hydrogens is 302 g/mol. The number of anilines is 1. The predicted molar refractivity (Wildman–Crippen MR) is 94.1 cm³/mol. The molecule has 1 saturated carbocycles. The van der Waals surface area contributed by atoms with Gasteiger partial charge in [0.2, 0.25) is 5.91 Å². The molecule has 5 heteroatoms. The first-order chi connectivity index (χ1) is 11.5. The van der Waals surface area contributed by atoms with Crippen molar-refractivity contribution in [1.29, 1.82) is 0 Å². The molecule has 2 amide bonds. The molecule has 0 spiro atoms. The van der Waals surface area contributed by atoms with Gasteiger partial charge in [-0.3, -0.25) is 9.59 Å². The molecule has 2 aromatic carbocycles. The molecule has 0 aliphatic heterocycles. The van der Waals surface area contributed by atoms with Gasteiger partial charge in [-0.25, -0.2) is 0 Å². The number of nitrogens with one attached hydrogen (secondary N) is 1. The molecular formula is C19H21N3O2. The third kappa shape index (κ3) is 2.90. The quantitative estimate of drug-likeness (QED) is 0.787. The number of hydrogen-bond acceptors (Lipinski definition) is 3. The van der Waals surface area contributed by atoms with Crippen LogP contribution in [0.4, 0.5) is 5.69 Å². The van der Waals surface area contributed by atoms with Gasteiger partial charge in [0, 0.05) is 28.8 Å². The van der Waals surface area contributed by atoms with E-state index in [-0.39, 0.29) is 11.3 Å². The zero-order chi connectivity index (χ0) is 17.3. The lowest BCUT2D eigenvalue weighted by Gasteiger charge is -2.14. The van der Waals surface area contributed by atoms with Crippen LogP contribution in [-0.4, -0.2) is 18.4 Å². The van der Waals surface area contributed by atoms with Crippen LogP contribution in [0.2, 0.25) is 0 Å². The summed E-state index contributed by atoms with van der Waals surface area (Å²) in [6.07, 6.45) is 2.21. The first kappa shape index (κ1) is 16.2. The van der Waals surface area contributed by atoms with Crippen LogP contribution < -0.4 is 16.8 Å². The fourth-order valence-electron chi connectivity index (χ4n) is 2.97. The molecule has 0 heterocycles. The standard InChI is InChI=1S/C19H21N3O2/c1-12-15(17(21)23)3-2-4-16(12)22-18(24)13-5-7-14(8-6-13)19(11-20)9-10-19/h2-8H,9-11,20H2,1H3,(H2,21,23)(H,22,24). The monoisotopic (exact) mass is 323 g/mol. The number of nitrogens with two attached hydrogens (primary N) is 2. The van der Waals surface area contributed by atoms with E-state index in [1.807, 2.05) is 24.3 Å². The molecule has 1 aliphatic carbocycles. The number of amides is 2. The number of hydrogen-bond donors (Lipinski definition) is 3. The number of carbonyl (C=O) groups excluding carboxylic acids is 2. The highest BCUT2D eigenvalue weighted by molar-refractivity contribution is 6.06. The van der Waals surface area contributed by atoms with Gasteiger partial charge in [0.15, 0.2) is 0 Å². The molecule has 1 aliphatic rings. The van der Waals surface area contributed by atoms with Crippen LogP contribution in [0.25, 0.3) is 0 Å². The van der Waals surface area contributed by atoms with Crippen LogP contribution >= 0.6 is 0 Å². The molecule has 0 bridgehead atoms. The van der Waals surface area contributed by atoms with E-state index in [0.29, 0.717) is 28.9 Å².